The maximum atomic E-state index is 13.0. The van der Waals surface area contributed by atoms with E-state index in [4.69, 9.17) is 0 Å². The third kappa shape index (κ3) is 3.36. The molecule has 0 aromatic heterocycles. The van der Waals surface area contributed by atoms with Gasteiger partial charge in [0, 0.05) is 18.2 Å². The number of nitrogens with zero attached hydrogens (tertiary/aromatic N) is 1. The van der Waals surface area contributed by atoms with Crippen molar-refractivity contribution in [3.05, 3.63) is 59.7 Å². The molecule has 0 atom stereocenters. The van der Waals surface area contributed by atoms with E-state index in [2.05, 4.69) is 6.92 Å². The molecule has 3 rings (SSSR count). The number of aliphatic hydroxyl groups excluding tert-OH is 1. The van der Waals surface area contributed by atoms with E-state index in [0.29, 0.717) is 6.04 Å². The molecule has 1 saturated carbocycles. The van der Waals surface area contributed by atoms with Crippen molar-refractivity contribution >= 4 is 5.91 Å². The lowest BCUT2D eigenvalue weighted by atomic mass is 9.98. The fraction of sp³-hybridized carbons (Fsp3) is 0.381. The fourth-order valence-electron chi connectivity index (χ4n) is 3.71. The third-order valence-corrected chi connectivity index (χ3v) is 4.98. The van der Waals surface area contributed by atoms with Crippen molar-refractivity contribution in [2.75, 3.05) is 6.54 Å². The van der Waals surface area contributed by atoms with Gasteiger partial charge in [-0.3, -0.25) is 4.79 Å². The molecule has 1 aliphatic carbocycles. The summed E-state index contributed by atoms with van der Waals surface area (Å²) >= 11 is 0. The first-order valence-electron chi connectivity index (χ1n) is 8.84. The maximum absolute atomic E-state index is 13.0. The van der Waals surface area contributed by atoms with E-state index in [-0.39, 0.29) is 12.5 Å². The number of amides is 1. The van der Waals surface area contributed by atoms with Crippen LogP contribution >= 0.6 is 0 Å². The van der Waals surface area contributed by atoms with Crippen LogP contribution in [0.3, 0.4) is 0 Å². The van der Waals surface area contributed by atoms with Gasteiger partial charge in [0.05, 0.1) is 6.61 Å². The number of carbonyl (C=O) groups is 1. The Morgan fingerprint density at radius 2 is 1.88 bits per heavy atom. The Kier molecular flexibility index (Phi) is 5.31. The second kappa shape index (κ2) is 7.63. The highest BCUT2D eigenvalue weighted by Crippen LogP contribution is 2.27. The highest BCUT2D eigenvalue weighted by Gasteiger charge is 2.26. The highest BCUT2D eigenvalue weighted by atomic mass is 16.3. The maximum Gasteiger partial charge on any atom is 0.254 e. The van der Waals surface area contributed by atoms with Crippen molar-refractivity contribution < 1.29 is 9.90 Å². The third-order valence-electron chi connectivity index (χ3n) is 4.98. The molecule has 0 bridgehead atoms. The van der Waals surface area contributed by atoms with Gasteiger partial charge in [-0.25, -0.2) is 0 Å². The van der Waals surface area contributed by atoms with Gasteiger partial charge in [-0.15, -0.1) is 0 Å². The van der Waals surface area contributed by atoms with Gasteiger partial charge < -0.3 is 10.0 Å². The number of hydrogen-bond acceptors (Lipinski definition) is 2. The molecule has 3 heteroatoms. The summed E-state index contributed by atoms with van der Waals surface area (Å²) < 4.78 is 0. The largest absolute Gasteiger partial charge is 0.392 e. The van der Waals surface area contributed by atoms with Gasteiger partial charge in [0.1, 0.15) is 0 Å². The lowest BCUT2D eigenvalue weighted by molar-refractivity contribution is 0.0693. The zero-order valence-corrected chi connectivity index (χ0v) is 14.2. The van der Waals surface area contributed by atoms with Crippen LogP contribution in [0.2, 0.25) is 0 Å². The quantitative estimate of drug-likeness (QED) is 0.893. The van der Waals surface area contributed by atoms with Crippen LogP contribution in [0.25, 0.3) is 11.1 Å². The summed E-state index contributed by atoms with van der Waals surface area (Å²) in [6.07, 6.45) is 4.68. The van der Waals surface area contributed by atoms with Gasteiger partial charge in [0.25, 0.3) is 5.91 Å². The van der Waals surface area contributed by atoms with Crippen LogP contribution in [0.5, 0.6) is 0 Å². The topological polar surface area (TPSA) is 40.5 Å². The van der Waals surface area contributed by atoms with Gasteiger partial charge in [0.15, 0.2) is 0 Å². The number of aliphatic hydroxyl groups is 1. The molecule has 1 N–H and O–H groups in total. The zero-order chi connectivity index (χ0) is 16.9. The van der Waals surface area contributed by atoms with Gasteiger partial charge in [-0.2, -0.15) is 0 Å². The summed E-state index contributed by atoms with van der Waals surface area (Å²) in [5, 5.41) is 9.55. The normalized spacial score (nSPS) is 14.8. The SMILES string of the molecule is CCN(C(=O)c1cccc(-c2ccccc2CO)c1)C1CCCC1. The number of benzene rings is 2. The lowest BCUT2D eigenvalue weighted by Crippen LogP contribution is -2.38. The van der Waals surface area contributed by atoms with Crippen LogP contribution in [-0.2, 0) is 6.61 Å². The Balaban J connectivity index is 1.91. The second-order valence-corrected chi connectivity index (χ2v) is 6.43. The molecule has 1 amide bonds. The summed E-state index contributed by atoms with van der Waals surface area (Å²) in [5.74, 6) is 0.118. The summed E-state index contributed by atoms with van der Waals surface area (Å²) in [6.45, 7) is 2.81. The molecular weight excluding hydrogens is 298 g/mol. The summed E-state index contributed by atoms with van der Waals surface area (Å²) in [7, 11) is 0. The Hall–Kier alpha value is -2.13. The van der Waals surface area contributed by atoms with Crippen LogP contribution in [0.1, 0.15) is 48.5 Å². The van der Waals surface area contributed by atoms with Crippen LogP contribution in [0, 0.1) is 0 Å². The summed E-state index contributed by atoms with van der Waals surface area (Å²) in [5.41, 5.74) is 3.57. The van der Waals surface area contributed by atoms with Crippen LogP contribution in [-0.4, -0.2) is 28.5 Å². The predicted octanol–water partition coefficient (Wildman–Crippen LogP) is 4.25. The van der Waals surface area contributed by atoms with Crippen molar-refractivity contribution in [3.8, 4) is 11.1 Å². The van der Waals surface area contributed by atoms with Gasteiger partial charge in [-0.05, 0) is 48.6 Å². The molecule has 0 spiro atoms. The summed E-state index contributed by atoms with van der Waals surface area (Å²) in [6, 6.07) is 15.9. The van der Waals surface area contributed by atoms with E-state index in [1.54, 1.807) is 0 Å². The number of carbonyl (C=O) groups excluding carboxylic acids is 1. The van der Waals surface area contributed by atoms with E-state index in [1.807, 2.05) is 53.4 Å². The number of rotatable bonds is 5. The van der Waals surface area contributed by atoms with Crippen LogP contribution in [0.15, 0.2) is 48.5 Å². The highest BCUT2D eigenvalue weighted by molar-refractivity contribution is 5.95. The van der Waals surface area contributed by atoms with Gasteiger partial charge >= 0.3 is 0 Å². The van der Waals surface area contributed by atoms with Gasteiger partial charge in [0.2, 0.25) is 0 Å². The average molecular weight is 323 g/mol. The molecule has 0 radical (unpaired) electrons. The fourth-order valence-corrected chi connectivity index (χ4v) is 3.71. The second-order valence-electron chi connectivity index (χ2n) is 6.43. The van der Waals surface area contributed by atoms with Crippen molar-refractivity contribution in [1.82, 2.24) is 4.90 Å². The van der Waals surface area contributed by atoms with Crippen molar-refractivity contribution in [1.29, 1.82) is 0 Å². The minimum atomic E-state index is -0.00247. The van der Waals surface area contributed by atoms with Gasteiger partial charge in [-0.1, -0.05) is 49.2 Å². The minimum Gasteiger partial charge on any atom is -0.392 e. The molecule has 2 aromatic carbocycles. The summed E-state index contributed by atoms with van der Waals surface area (Å²) in [4.78, 5) is 15.0. The van der Waals surface area contributed by atoms with Crippen molar-refractivity contribution in [2.45, 2.75) is 45.3 Å². The van der Waals surface area contributed by atoms with Crippen molar-refractivity contribution in [3.63, 3.8) is 0 Å². The molecule has 0 heterocycles. The molecule has 126 valence electrons. The predicted molar refractivity (Wildman–Crippen MR) is 96.8 cm³/mol. The first-order valence-corrected chi connectivity index (χ1v) is 8.84. The van der Waals surface area contributed by atoms with E-state index in [0.717, 1.165) is 41.6 Å². The molecule has 0 saturated heterocycles. The molecular formula is C21H25NO2. The number of hydrogen-bond donors (Lipinski definition) is 1. The molecule has 2 aromatic rings. The molecule has 0 unspecified atom stereocenters. The van der Waals surface area contributed by atoms with Crippen LogP contribution < -0.4 is 0 Å². The van der Waals surface area contributed by atoms with E-state index in [1.165, 1.54) is 12.8 Å². The Morgan fingerprint density at radius 3 is 2.58 bits per heavy atom. The first kappa shape index (κ1) is 16.7. The Morgan fingerprint density at radius 1 is 1.12 bits per heavy atom. The van der Waals surface area contributed by atoms with E-state index < -0.39 is 0 Å². The molecule has 3 nitrogen and oxygen atoms in total. The Labute approximate surface area is 143 Å². The monoisotopic (exact) mass is 323 g/mol. The molecule has 1 aliphatic rings. The standard InChI is InChI=1S/C21H25NO2/c1-2-22(19-11-4-5-12-19)21(24)17-10-7-9-16(14-17)20-13-6-3-8-18(20)15-23/h3,6-10,13-14,19,23H,2,4-5,11-12,15H2,1H3. The average Bonchev–Trinajstić information content (AvgIpc) is 3.16. The molecule has 24 heavy (non-hydrogen) atoms. The van der Waals surface area contributed by atoms with E-state index >= 15 is 0 Å². The van der Waals surface area contributed by atoms with E-state index in [9.17, 15) is 9.90 Å². The molecule has 0 aliphatic heterocycles. The zero-order valence-electron chi connectivity index (χ0n) is 14.2. The van der Waals surface area contributed by atoms with Crippen molar-refractivity contribution in [2.24, 2.45) is 0 Å². The lowest BCUT2D eigenvalue weighted by Gasteiger charge is -2.28. The first-order chi connectivity index (χ1) is 11.7. The van der Waals surface area contributed by atoms with Crippen LogP contribution in [0.4, 0.5) is 0 Å². The smallest absolute Gasteiger partial charge is 0.254 e. The minimum absolute atomic E-state index is 0.00247. The Bertz CT molecular complexity index is 704. The molecule has 1 fully saturated rings.